The van der Waals surface area contributed by atoms with Crippen LogP contribution in [-0.2, 0) is 0 Å². The van der Waals surface area contributed by atoms with E-state index in [-0.39, 0.29) is 0 Å². The largest absolute Gasteiger partial charge is 0.505 e. The molecule has 2 N–H and O–H groups in total. The van der Waals surface area contributed by atoms with Crippen LogP contribution < -0.4 is 5.32 Å². The summed E-state index contributed by atoms with van der Waals surface area (Å²) in [6, 6.07) is 29.3. The Hall–Kier alpha value is -3.30. The Morgan fingerprint density at radius 2 is 1.43 bits per heavy atom. The van der Waals surface area contributed by atoms with Crippen molar-refractivity contribution in [3.05, 3.63) is 84.9 Å². The number of rotatable bonds is 3. The minimum atomic E-state index is 0.317. The zero-order valence-corrected chi connectivity index (χ0v) is 16.3. The van der Waals surface area contributed by atoms with Gasteiger partial charge in [0.05, 0.1) is 5.69 Å². The zero-order chi connectivity index (χ0) is 19.1. The molecule has 1 aromatic heterocycles. The summed E-state index contributed by atoms with van der Waals surface area (Å²) in [5, 5.41) is 16.4. The summed E-state index contributed by atoms with van der Waals surface area (Å²) in [5.41, 5.74) is 5.21. The normalized spacial score (nSPS) is 11.2. The summed E-state index contributed by atoms with van der Waals surface area (Å²) < 4.78 is 2.28. The summed E-state index contributed by atoms with van der Waals surface area (Å²) in [6.45, 7) is 0. The van der Waals surface area contributed by atoms with Crippen molar-refractivity contribution >= 4 is 37.2 Å². The van der Waals surface area contributed by atoms with Gasteiger partial charge in [-0.25, -0.2) is 0 Å². The Labute approximate surface area is 167 Å². The maximum Gasteiger partial charge on any atom is 0.148 e. The lowest BCUT2D eigenvalue weighted by atomic mass is 9.96. The zero-order valence-electron chi connectivity index (χ0n) is 15.4. The molecule has 0 aliphatic rings. The van der Waals surface area contributed by atoms with Crippen molar-refractivity contribution < 1.29 is 5.11 Å². The van der Waals surface area contributed by atoms with E-state index in [9.17, 15) is 5.11 Å². The molecule has 4 aromatic carbocycles. The van der Waals surface area contributed by atoms with E-state index < -0.39 is 0 Å². The molecule has 28 heavy (non-hydrogen) atoms. The third-order valence-electron chi connectivity index (χ3n) is 5.17. The second-order valence-electron chi connectivity index (χ2n) is 6.82. The average molecular weight is 382 g/mol. The molecule has 0 unspecified atom stereocenters. The van der Waals surface area contributed by atoms with Crippen LogP contribution in [0.5, 0.6) is 5.75 Å². The fourth-order valence-electron chi connectivity index (χ4n) is 3.84. The van der Waals surface area contributed by atoms with Gasteiger partial charge in [0, 0.05) is 32.8 Å². The number of benzene rings is 4. The predicted molar refractivity (Wildman–Crippen MR) is 121 cm³/mol. The number of hydrogen-bond acceptors (Lipinski definition) is 3. The van der Waals surface area contributed by atoms with Crippen LogP contribution >= 0.6 is 11.3 Å². The van der Waals surface area contributed by atoms with E-state index in [2.05, 4.69) is 72.0 Å². The molecule has 0 spiro atoms. The number of anilines is 1. The molecule has 5 aromatic rings. The fourth-order valence-corrected chi connectivity index (χ4v) is 4.99. The first-order valence-electron chi connectivity index (χ1n) is 9.27. The highest BCUT2D eigenvalue weighted by atomic mass is 32.1. The molecule has 0 aliphatic heterocycles. The number of nitrogens with one attached hydrogen (secondary N) is 1. The van der Waals surface area contributed by atoms with Gasteiger partial charge in [0.15, 0.2) is 0 Å². The first-order valence-corrected chi connectivity index (χ1v) is 10.1. The van der Waals surface area contributed by atoms with Gasteiger partial charge in [0.25, 0.3) is 0 Å². The highest BCUT2D eigenvalue weighted by molar-refractivity contribution is 7.26. The Morgan fingerprint density at radius 1 is 0.714 bits per heavy atom. The summed E-state index contributed by atoms with van der Waals surface area (Å²) in [7, 11) is 1.86. The molecule has 0 saturated carbocycles. The molecule has 2 nitrogen and oxygen atoms in total. The molecule has 0 atom stereocenters. The van der Waals surface area contributed by atoms with Crippen LogP contribution in [0, 0.1) is 0 Å². The standard InChI is InChI=1S/C25H19NOS/c1-26-24-20(18-11-7-10-17(14-18)16-8-3-2-4-9-16)15-22-23(25(24)27)19-12-5-6-13-21(19)28-22/h2-15,26-27H,1H3. The van der Waals surface area contributed by atoms with E-state index in [0.717, 1.165) is 37.9 Å². The lowest BCUT2D eigenvalue weighted by Gasteiger charge is -2.14. The van der Waals surface area contributed by atoms with Gasteiger partial charge >= 0.3 is 0 Å². The van der Waals surface area contributed by atoms with Gasteiger partial charge in [-0.05, 0) is 34.9 Å². The maximum atomic E-state index is 11.1. The van der Waals surface area contributed by atoms with Crippen LogP contribution in [0.3, 0.4) is 0 Å². The summed E-state index contributed by atoms with van der Waals surface area (Å²) in [6.07, 6.45) is 0. The molecule has 5 rings (SSSR count). The number of phenols is 1. The van der Waals surface area contributed by atoms with Crippen molar-refractivity contribution in [2.75, 3.05) is 12.4 Å². The van der Waals surface area contributed by atoms with Crippen LogP contribution in [0.25, 0.3) is 42.4 Å². The van der Waals surface area contributed by atoms with Crippen molar-refractivity contribution in [1.82, 2.24) is 0 Å². The van der Waals surface area contributed by atoms with Crippen LogP contribution in [-0.4, -0.2) is 12.2 Å². The van der Waals surface area contributed by atoms with Gasteiger partial charge in [-0.2, -0.15) is 0 Å². The van der Waals surface area contributed by atoms with Gasteiger partial charge < -0.3 is 10.4 Å². The summed E-state index contributed by atoms with van der Waals surface area (Å²) >= 11 is 1.72. The van der Waals surface area contributed by atoms with E-state index in [1.165, 1.54) is 10.3 Å². The second kappa shape index (κ2) is 6.70. The number of phenolic OH excluding ortho intramolecular Hbond substituents is 1. The molecule has 0 amide bonds. The molecule has 0 bridgehead atoms. The van der Waals surface area contributed by atoms with Gasteiger partial charge in [-0.1, -0.05) is 66.7 Å². The number of fused-ring (bicyclic) bond motifs is 3. The van der Waals surface area contributed by atoms with Crippen molar-refractivity contribution in [3.63, 3.8) is 0 Å². The van der Waals surface area contributed by atoms with E-state index >= 15 is 0 Å². The SMILES string of the molecule is CNc1c(-c2cccc(-c3ccccc3)c2)cc2sc3ccccc3c2c1O. The lowest BCUT2D eigenvalue weighted by molar-refractivity contribution is 0.484. The smallest absolute Gasteiger partial charge is 0.148 e. The van der Waals surface area contributed by atoms with E-state index in [4.69, 9.17) is 0 Å². The Kier molecular flexibility index (Phi) is 4.03. The average Bonchev–Trinajstić information content (AvgIpc) is 3.13. The highest BCUT2D eigenvalue weighted by Gasteiger charge is 2.17. The summed E-state index contributed by atoms with van der Waals surface area (Å²) in [4.78, 5) is 0. The molecular formula is C25H19NOS. The minimum Gasteiger partial charge on any atom is -0.505 e. The molecule has 0 fully saturated rings. The Balaban J connectivity index is 1.76. The Morgan fingerprint density at radius 3 is 2.25 bits per heavy atom. The van der Waals surface area contributed by atoms with Crippen molar-refractivity contribution in [1.29, 1.82) is 0 Å². The molecule has 0 radical (unpaired) electrons. The van der Waals surface area contributed by atoms with Crippen LogP contribution in [0.1, 0.15) is 0 Å². The minimum absolute atomic E-state index is 0.317. The van der Waals surface area contributed by atoms with Crippen LogP contribution in [0.2, 0.25) is 0 Å². The van der Waals surface area contributed by atoms with Crippen molar-refractivity contribution in [3.8, 4) is 28.0 Å². The van der Waals surface area contributed by atoms with E-state index in [1.807, 2.05) is 25.2 Å². The highest BCUT2D eigenvalue weighted by Crippen LogP contribution is 2.47. The number of aromatic hydroxyl groups is 1. The lowest BCUT2D eigenvalue weighted by Crippen LogP contribution is -1.93. The Bertz CT molecular complexity index is 1300. The summed E-state index contributed by atoms with van der Waals surface area (Å²) in [5.74, 6) is 0.317. The number of thiophene rings is 1. The van der Waals surface area contributed by atoms with Gasteiger partial charge in [0.1, 0.15) is 5.75 Å². The second-order valence-corrected chi connectivity index (χ2v) is 7.90. The third kappa shape index (κ3) is 2.63. The first kappa shape index (κ1) is 16.8. The molecule has 136 valence electrons. The third-order valence-corrected chi connectivity index (χ3v) is 6.29. The topological polar surface area (TPSA) is 32.3 Å². The van der Waals surface area contributed by atoms with Gasteiger partial charge in [0.2, 0.25) is 0 Å². The monoisotopic (exact) mass is 381 g/mol. The van der Waals surface area contributed by atoms with Gasteiger partial charge in [-0.3, -0.25) is 0 Å². The molecule has 1 heterocycles. The quantitative estimate of drug-likeness (QED) is 0.326. The molecular weight excluding hydrogens is 362 g/mol. The molecule has 0 saturated heterocycles. The molecule has 3 heteroatoms. The van der Waals surface area contributed by atoms with Crippen LogP contribution in [0.15, 0.2) is 84.9 Å². The maximum absolute atomic E-state index is 11.1. The van der Waals surface area contributed by atoms with Crippen molar-refractivity contribution in [2.24, 2.45) is 0 Å². The van der Waals surface area contributed by atoms with Crippen molar-refractivity contribution in [2.45, 2.75) is 0 Å². The first-order chi connectivity index (χ1) is 13.8. The van der Waals surface area contributed by atoms with Crippen LogP contribution in [0.4, 0.5) is 5.69 Å². The van der Waals surface area contributed by atoms with E-state index in [1.54, 1.807) is 11.3 Å². The fraction of sp³-hybridized carbons (Fsp3) is 0.0400. The number of hydrogen-bond donors (Lipinski definition) is 2. The van der Waals surface area contributed by atoms with E-state index in [0.29, 0.717) is 5.75 Å². The molecule has 0 aliphatic carbocycles. The predicted octanol–water partition coefficient (Wildman–Crippen LogP) is 7.14. The van der Waals surface area contributed by atoms with Gasteiger partial charge in [-0.15, -0.1) is 11.3 Å².